The molecule has 1 aromatic carbocycles. The third-order valence-electron chi connectivity index (χ3n) is 2.97. The predicted molar refractivity (Wildman–Crippen MR) is 63.4 cm³/mol. The van der Waals surface area contributed by atoms with Crippen LogP contribution in [0.4, 0.5) is 0 Å². The third kappa shape index (κ3) is 2.16. The van der Waals surface area contributed by atoms with Crippen LogP contribution in [-0.4, -0.2) is 12.6 Å². The molecule has 0 atom stereocenters. The molecule has 1 aliphatic heterocycles. The summed E-state index contributed by atoms with van der Waals surface area (Å²) < 4.78 is 4.91. The van der Waals surface area contributed by atoms with Crippen LogP contribution < -0.4 is 0 Å². The predicted octanol–water partition coefficient (Wildman–Crippen LogP) is 2.64. The van der Waals surface area contributed by atoms with Crippen molar-refractivity contribution in [1.82, 2.24) is 0 Å². The number of rotatable bonds is 2. The molecule has 2 heteroatoms. The molecule has 0 bridgehead atoms. The van der Waals surface area contributed by atoms with Crippen LogP contribution in [0.25, 0.3) is 0 Å². The molecule has 0 N–H and O–H groups in total. The molecule has 0 amide bonds. The first-order chi connectivity index (χ1) is 7.56. The van der Waals surface area contributed by atoms with Crippen molar-refractivity contribution >= 4 is 5.97 Å². The van der Waals surface area contributed by atoms with Crippen LogP contribution in [0.5, 0.6) is 0 Å². The van der Waals surface area contributed by atoms with Gasteiger partial charge in [0, 0.05) is 6.08 Å². The second-order valence-corrected chi connectivity index (χ2v) is 4.46. The molecule has 0 saturated heterocycles. The van der Waals surface area contributed by atoms with E-state index in [1.54, 1.807) is 6.08 Å². The average molecular weight is 216 g/mol. The van der Waals surface area contributed by atoms with E-state index in [-0.39, 0.29) is 5.97 Å². The molecule has 0 radical (unpaired) electrons. The molecule has 84 valence electrons. The standard InChI is InChI=1S/C14H16O2/c1-9-4-10(2)13(11(3)5-9)6-12-7-14(15)16-8-12/h4-5,7H,6,8H2,1-3H3. The number of carbonyl (C=O) groups is 1. The molecule has 0 saturated carbocycles. The first-order valence-electron chi connectivity index (χ1n) is 5.49. The average Bonchev–Trinajstić information content (AvgIpc) is 2.58. The summed E-state index contributed by atoms with van der Waals surface area (Å²) in [6, 6.07) is 4.36. The number of carbonyl (C=O) groups excluding carboxylic acids is 1. The van der Waals surface area contributed by atoms with E-state index in [0.29, 0.717) is 6.61 Å². The summed E-state index contributed by atoms with van der Waals surface area (Å²) in [7, 11) is 0. The lowest BCUT2D eigenvalue weighted by atomic mass is 9.94. The third-order valence-corrected chi connectivity index (χ3v) is 2.97. The van der Waals surface area contributed by atoms with E-state index in [1.165, 1.54) is 22.3 Å². The fourth-order valence-electron chi connectivity index (χ4n) is 2.23. The van der Waals surface area contributed by atoms with Crippen LogP contribution >= 0.6 is 0 Å². The van der Waals surface area contributed by atoms with E-state index >= 15 is 0 Å². The molecule has 0 aromatic heterocycles. The van der Waals surface area contributed by atoms with E-state index in [2.05, 4.69) is 32.9 Å². The molecule has 2 nitrogen and oxygen atoms in total. The highest BCUT2D eigenvalue weighted by molar-refractivity contribution is 5.85. The van der Waals surface area contributed by atoms with Crippen molar-refractivity contribution in [2.75, 3.05) is 6.61 Å². The molecule has 16 heavy (non-hydrogen) atoms. The van der Waals surface area contributed by atoms with Crippen molar-refractivity contribution in [3.63, 3.8) is 0 Å². The highest BCUT2D eigenvalue weighted by Crippen LogP contribution is 2.21. The minimum atomic E-state index is -0.211. The van der Waals surface area contributed by atoms with Gasteiger partial charge in [-0.05, 0) is 49.5 Å². The van der Waals surface area contributed by atoms with Gasteiger partial charge in [-0.1, -0.05) is 17.7 Å². The van der Waals surface area contributed by atoms with Gasteiger partial charge >= 0.3 is 5.97 Å². The van der Waals surface area contributed by atoms with Crippen molar-refractivity contribution in [3.8, 4) is 0 Å². The Kier molecular flexibility index (Phi) is 2.82. The normalized spacial score (nSPS) is 14.9. The fraction of sp³-hybridized carbons (Fsp3) is 0.357. The van der Waals surface area contributed by atoms with Gasteiger partial charge in [0.2, 0.25) is 0 Å². The lowest BCUT2D eigenvalue weighted by Gasteiger charge is -2.11. The Hall–Kier alpha value is -1.57. The summed E-state index contributed by atoms with van der Waals surface area (Å²) in [5.74, 6) is -0.211. The van der Waals surface area contributed by atoms with Gasteiger partial charge in [0.25, 0.3) is 0 Å². The van der Waals surface area contributed by atoms with Gasteiger partial charge in [0.1, 0.15) is 6.61 Å². The van der Waals surface area contributed by atoms with E-state index in [9.17, 15) is 4.79 Å². The summed E-state index contributed by atoms with van der Waals surface area (Å²) in [4.78, 5) is 11.0. The fourth-order valence-corrected chi connectivity index (χ4v) is 2.23. The van der Waals surface area contributed by atoms with Crippen molar-refractivity contribution in [2.24, 2.45) is 0 Å². The van der Waals surface area contributed by atoms with Crippen molar-refractivity contribution < 1.29 is 9.53 Å². The van der Waals surface area contributed by atoms with Crippen LogP contribution in [0.2, 0.25) is 0 Å². The van der Waals surface area contributed by atoms with Gasteiger partial charge in [0.05, 0.1) is 0 Å². The molecular formula is C14H16O2. The zero-order chi connectivity index (χ0) is 11.7. The monoisotopic (exact) mass is 216 g/mol. The number of benzene rings is 1. The van der Waals surface area contributed by atoms with Crippen LogP contribution in [0.3, 0.4) is 0 Å². The SMILES string of the molecule is Cc1cc(C)c(CC2=CC(=O)OC2)c(C)c1. The highest BCUT2D eigenvalue weighted by Gasteiger charge is 2.15. The van der Waals surface area contributed by atoms with Gasteiger partial charge in [-0.15, -0.1) is 0 Å². The molecule has 0 spiro atoms. The lowest BCUT2D eigenvalue weighted by Crippen LogP contribution is -1.99. The molecule has 0 fully saturated rings. The number of hydrogen-bond donors (Lipinski definition) is 0. The Bertz CT molecular complexity index is 447. The van der Waals surface area contributed by atoms with E-state index in [1.807, 2.05) is 0 Å². The number of hydrogen-bond acceptors (Lipinski definition) is 2. The van der Waals surface area contributed by atoms with Gasteiger partial charge in [-0.2, -0.15) is 0 Å². The van der Waals surface area contributed by atoms with Crippen molar-refractivity contribution in [3.05, 3.63) is 46.0 Å². The number of cyclic esters (lactones) is 1. The summed E-state index contributed by atoms with van der Waals surface area (Å²) in [6.07, 6.45) is 2.43. The minimum Gasteiger partial charge on any atom is -0.458 e. The maximum Gasteiger partial charge on any atom is 0.331 e. The van der Waals surface area contributed by atoms with Crippen molar-refractivity contribution in [2.45, 2.75) is 27.2 Å². The van der Waals surface area contributed by atoms with Gasteiger partial charge < -0.3 is 4.74 Å². The maximum atomic E-state index is 11.0. The highest BCUT2D eigenvalue weighted by atomic mass is 16.5. The van der Waals surface area contributed by atoms with Crippen LogP contribution in [-0.2, 0) is 16.0 Å². The smallest absolute Gasteiger partial charge is 0.331 e. The Morgan fingerprint density at radius 2 is 1.81 bits per heavy atom. The summed E-state index contributed by atoms with van der Waals surface area (Å²) >= 11 is 0. The summed E-state index contributed by atoms with van der Waals surface area (Å²) in [5, 5.41) is 0. The Morgan fingerprint density at radius 1 is 1.19 bits per heavy atom. The van der Waals surface area contributed by atoms with Gasteiger partial charge in [0.15, 0.2) is 0 Å². The Labute approximate surface area is 95.9 Å². The van der Waals surface area contributed by atoms with Crippen LogP contribution in [0, 0.1) is 20.8 Å². The summed E-state index contributed by atoms with van der Waals surface area (Å²) in [6.45, 7) is 6.79. The largest absolute Gasteiger partial charge is 0.458 e. The first-order valence-corrected chi connectivity index (χ1v) is 5.49. The molecule has 0 aliphatic carbocycles. The zero-order valence-electron chi connectivity index (χ0n) is 9.96. The zero-order valence-corrected chi connectivity index (χ0v) is 9.96. The molecular weight excluding hydrogens is 200 g/mol. The Morgan fingerprint density at radius 3 is 2.31 bits per heavy atom. The van der Waals surface area contributed by atoms with Crippen LogP contribution in [0.1, 0.15) is 22.3 Å². The number of aryl methyl sites for hydroxylation is 3. The molecule has 1 aliphatic rings. The van der Waals surface area contributed by atoms with E-state index in [0.717, 1.165) is 12.0 Å². The molecule has 1 aromatic rings. The maximum absolute atomic E-state index is 11.0. The lowest BCUT2D eigenvalue weighted by molar-refractivity contribution is -0.134. The molecule has 0 unspecified atom stereocenters. The summed E-state index contributed by atoms with van der Waals surface area (Å²) in [5.41, 5.74) is 6.25. The first kappa shape index (κ1) is 10.9. The van der Waals surface area contributed by atoms with Gasteiger partial charge in [-0.3, -0.25) is 0 Å². The Balaban J connectivity index is 2.28. The second kappa shape index (κ2) is 4.12. The van der Waals surface area contributed by atoms with E-state index < -0.39 is 0 Å². The molecule has 1 heterocycles. The molecule has 2 rings (SSSR count). The second-order valence-electron chi connectivity index (χ2n) is 4.46. The minimum absolute atomic E-state index is 0.211. The topological polar surface area (TPSA) is 26.3 Å². The number of ether oxygens (including phenoxy) is 1. The number of esters is 1. The van der Waals surface area contributed by atoms with Gasteiger partial charge in [-0.25, -0.2) is 4.79 Å². The van der Waals surface area contributed by atoms with Crippen molar-refractivity contribution in [1.29, 1.82) is 0 Å². The van der Waals surface area contributed by atoms with E-state index in [4.69, 9.17) is 4.74 Å². The quantitative estimate of drug-likeness (QED) is 0.710. The van der Waals surface area contributed by atoms with Crippen LogP contribution in [0.15, 0.2) is 23.8 Å².